The van der Waals surface area contributed by atoms with Crippen molar-refractivity contribution in [2.24, 2.45) is 28.6 Å². The number of esters is 1. The van der Waals surface area contributed by atoms with Crippen molar-refractivity contribution in [2.45, 2.75) is 90.8 Å². The van der Waals surface area contributed by atoms with Gasteiger partial charge in [-0.3, -0.25) is 9.59 Å². The highest BCUT2D eigenvalue weighted by molar-refractivity contribution is 5.95. The summed E-state index contributed by atoms with van der Waals surface area (Å²) < 4.78 is 5.51. The molecule has 4 heteroatoms. The van der Waals surface area contributed by atoms with Crippen molar-refractivity contribution in [3.63, 3.8) is 0 Å². The summed E-state index contributed by atoms with van der Waals surface area (Å²) in [4.78, 5) is 23.6. The van der Waals surface area contributed by atoms with Crippen LogP contribution in [0.1, 0.15) is 79.1 Å². The van der Waals surface area contributed by atoms with E-state index in [9.17, 15) is 14.7 Å². The van der Waals surface area contributed by atoms with Crippen LogP contribution in [0.25, 0.3) is 0 Å². The summed E-state index contributed by atoms with van der Waals surface area (Å²) in [6.07, 6.45) is 9.51. The standard InChI is InChI=1S/C23H34O4/c1-14(24)18-7-8-19-20-6-5-16-13-17(27-15(2)25)9-10-22(16,4)23(20,26)12-11-21(18,19)3/h7,16-17,19-20,26H,5-6,8-13H2,1-4H3/t16?,17-,19-,20-,21+,22-,23+/m0/s1. The van der Waals surface area contributed by atoms with Gasteiger partial charge >= 0.3 is 5.97 Å². The lowest BCUT2D eigenvalue weighted by Crippen LogP contribution is -2.65. The van der Waals surface area contributed by atoms with Crippen LogP contribution in [0.2, 0.25) is 0 Å². The predicted molar refractivity (Wildman–Crippen MR) is 103 cm³/mol. The molecule has 27 heavy (non-hydrogen) atoms. The van der Waals surface area contributed by atoms with Crippen LogP contribution in [0.4, 0.5) is 0 Å². The normalized spacial score (nSPS) is 48.7. The number of ketones is 1. The SMILES string of the molecule is CC(=O)O[C@H]1CC[C@@]2(C)C(CC[C@H]3[C@@H]4CC=C(C(C)=O)[C@@]4(C)CC[C@@]32O)C1. The Balaban J connectivity index is 1.60. The number of aliphatic hydroxyl groups is 1. The van der Waals surface area contributed by atoms with Crippen LogP contribution < -0.4 is 0 Å². The molecule has 4 aliphatic carbocycles. The van der Waals surface area contributed by atoms with Gasteiger partial charge in [-0.2, -0.15) is 0 Å². The van der Waals surface area contributed by atoms with Crippen molar-refractivity contribution in [3.8, 4) is 0 Å². The van der Waals surface area contributed by atoms with E-state index in [1.54, 1.807) is 6.92 Å². The molecule has 150 valence electrons. The van der Waals surface area contributed by atoms with E-state index in [4.69, 9.17) is 4.74 Å². The second kappa shape index (κ2) is 6.17. The van der Waals surface area contributed by atoms with Crippen LogP contribution in [0.5, 0.6) is 0 Å². The molecular formula is C23H34O4. The van der Waals surface area contributed by atoms with Gasteiger partial charge in [0.2, 0.25) is 0 Å². The van der Waals surface area contributed by atoms with Crippen molar-refractivity contribution >= 4 is 11.8 Å². The van der Waals surface area contributed by atoms with Gasteiger partial charge in [0.1, 0.15) is 6.10 Å². The molecule has 0 aromatic rings. The van der Waals surface area contributed by atoms with E-state index in [1.807, 2.05) is 0 Å². The molecule has 4 aliphatic rings. The molecule has 0 aromatic carbocycles. The minimum atomic E-state index is -0.665. The summed E-state index contributed by atoms with van der Waals surface area (Å²) in [6, 6.07) is 0. The number of hydrogen-bond acceptors (Lipinski definition) is 4. The average molecular weight is 375 g/mol. The van der Waals surface area contributed by atoms with Gasteiger partial charge in [-0.25, -0.2) is 0 Å². The zero-order chi connectivity index (χ0) is 19.6. The van der Waals surface area contributed by atoms with E-state index in [1.165, 1.54) is 6.92 Å². The predicted octanol–water partition coefficient (Wildman–Crippen LogP) is 4.20. The summed E-state index contributed by atoms with van der Waals surface area (Å²) in [5, 5.41) is 12.1. The van der Waals surface area contributed by atoms with E-state index in [-0.39, 0.29) is 34.6 Å². The fourth-order valence-electron chi connectivity index (χ4n) is 7.62. The third-order valence-corrected chi connectivity index (χ3v) is 9.10. The fourth-order valence-corrected chi connectivity index (χ4v) is 7.62. The number of allylic oxidation sites excluding steroid dienone is 2. The molecule has 0 bridgehead atoms. The van der Waals surface area contributed by atoms with E-state index < -0.39 is 5.60 Å². The summed E-state index contributed by atoms with van der Waals surface area (Å²) in [6.45, 7) is 7.71. The Labute approximate surface area is 162 Å². The number of Topliss-reactive ketones (excluding diaryl/α,β-unsaturated/α-hetero) is 1. The van der Waals surface area contributed by atoms with Crippen LogP contribution in [-0.2, 0) is 14.3 Å². The van der Waals surface area contributed by atoms with Crippen molar-refractivity contribution in [1.29, 1.82) is 0 Å². The summed E-state index contributed by atoms with van der Waals surface area (Å²) in [7, 11) is 0. The van der Waals surface area contributed by atoms with Crippen LogP contribution in [0.15, 0.2) is 11.6 Å². The van der Waals surface area contributed by atoms with Crippen LogP contribution in [-0.4, -0.2) is 28.6 Å². The Bertz CT molecular complexity index is 696. The molecule has 4 nitrogen and oxygen atoms in total. The second-order valence-corrected chi connectivity index (χ2v) is 10.2. The highest BCUT2D eigenvalue weighted by Crippen LogP contribution is 2.68. The number of fused-ring (bicyclic) bond motifs is 5. The molecule has 7 atom stereocenters. The average Bonchev–Trinajstić information content (AvgIpc) is 2.93. The van der Waals surface area contributed by atoms with Crippen molar-refractivity contribution in [2.75, 3.05) is 0 Å². The number of rotatable bonds is 2. The largest absolute Gasteiger partial charge is 0.463 e. The van der Waals surface area contributed by atoms with E-state index >= 15 is 0 Å². The Hall–Kier alpha value is -1.16. The molecule has 0 spiro atoms. The zero-order valence-electron chi connectivity index (χ0n) is 17.2. The molecular weight excluding hydrogens is 340 g/mol. The molecule has 4 rings (SSSR count). The van der Waals surface area contributed by atoms with Gasteiger partial charge in [0, 0.05) is 6.92 Å². The maximum Gasteiger partial charge on any atom is 0.302 e. The molecule has 0 heterocycles. The fraction of sp³-hybridized carbons (Fsp3) is 0.826. The molecule has 0 amide bonds. The Morgan fingerprint density at radius 2 is 1.81 bits per heavy atom. The van der Waals surface area contributed by atoms with Gasteiger partial charge in [0.05, 0.1) is 5.60 Å². The summed E-state index contributed by atoms with van der Waals surface area (Å²) >= 11 is 0. The van der Waals surface area contributed by atoms with Crippen molar-refractivity contribution < 1.29 is 19.4 Å². The molecule has 0 aromatic heterocycles. The highest BCUT2D eigenvalue weighted by Gasteiger charge is 2.66. The quantitative estimate of drug-likeness (QED) is 0.736. The molecule has 3 saturated carbocycles. The zero-order valence-corrected chi connectivity index (χ0v) is 17.2. The lowest BCUT2D eigenvalue weighted by atomic mass is 9.42. The number of hydrogen-bond donors (Lipinski definition) is 1. The first kappa shape index (κ1) is 19.2. The Morgan fingerprint density at radius 1 is 1.07 bits per heavy atom. The highest BCUT2D eigenvalue weighted by atomic mass is 16.5. The van der Waals surface area contributed by atoms with E-state index in [0.717, 1.165) is 56.9 Å². The Kier molecular flexibility index (Phi) is 4.38. The summed E-state index contributed by atoms with van der Waals surface area (Å²) in [5.41, 5.74) is 0.148. The van der Waals surface area contributed by atoms with Gasteiger partial charge in [0.15, 0.2) is 5.78 Å². The smallest absolute Gasteiger partial charge is 0.302 e. The molecule has 0 radical (unpaired) electrons. The molecule has 1 unspecified atom stereocenters. The molecule has 0 saturated heterocycles. The van der Waals surface area contributed by atoms with E-state index in [2.05, 4.69) is 19.9 Å². The van der Waals surface area contributed by atoms with Crippen molar-refractivity contribution in [1.82, 2.24) is 0 Å². The molecule has 0 aliphatic heterocycles. The maximum atomic E-state index is 12.2. The summed E-state index contributed by atoms with van der Waals surface area (Å²) in [5.74, 6) is 1.04. The first-order valence-corrected chi connectivity index (χ1v) is 10.7. The molecule has 1 N–H and O–H groups in total. The first-order chi connectivity index (χ1) is 12.6. The van der Waals surface area contributed by atoms with Crippen LogP contribution in [0, 0.1) is 28.6 Å². The minimum Gasteiger partial charge on any atom is -0.463 e. The minimum absolute atomic E-state index is 0.00652. The topological polar surface area (TPSA) is 63.6 Å². The number of carbonyl (C=O) groups excluding carboxylic acids is 2. The molecule has 3 fully saturated rings. The van der Waals surface area contributed by atoms with Gasteiger partial charge < -0.3 is 9.84 Å². The number of ether oxygens (including phenoxy) is 1. The second-order valence-electron chi connectivity index (χ2n) is 10.2. The lowest BCUT2D eigenvalue weighted by molar-refractivity contribution is -0.237. The van der Waals surface area contributed by atoms with Gasteiger partial charge in [-0.15, -0.1) is 0 Å². The third-order valence-electron chi connectivity index (χ3n) is 9.10. The Morgan fingerprint density at radius 3 is 2.48 bits per heavy atom. The van der Waals surface area contributed by atoms with E-state index in [0.29, 0.717) is 11.8 Å². The first-order valence-electron chi connectivity index (χ1n) is 10.7. The van der Waals surface area contributed by atoms with Gasteiger partial charge in [-0.05, 0) is 92.4 Å². The maximum absolute atomic E-state index is 12.2. The van der Waals surface area contributed by atoms with Gasteiger partial charge in [-0.1, -0.05) is 19.9 Å². The monoisotopic (exact) mass is 374 g/mol. The van der Waals surface area contributed by atoms with Gasteiger partial charge in [0.25, 0.3) is 0 Å². The van der Waals surface area contributed by atoms with Crippen LogP contribution in [0.3, 0.4) is 0 Å². The van der Waals surface area contributed by atoms with Crippen molar-refractivity contribution in [3.05, 3.63) is 11.6 Å². The van der Waals surface area contributed by atoms with Crippen LogP contribution >= 0.6 is 0 Å². The number of carbonyl (C=O) groups is 2. The third kappa shape index (κ3) is 2.58. The lowest BCUT2D eigenvalue weighted by Gasteiger charge is -2.65.